The van der Waals surface area contributed by atoms with Gasteiger partial charge in [0.1, 0.15) is 0 Å². The lowest BCUT2D eigenvalue weighted by Crippen LogP contribution is -2.46. The molecule has 2 amide bonds. The third-order valence-electron chi connectivity index (χ3n) is 3.52. The average molecular weight is 303 g/mol. The van der Waals surface area contributed by atoms with Gasteiger partial charge < -0.3 is 15.7 Å². The molecule has 0 bridgehead atoms. The zero-order valence-electron chi connectivity index (χ0n) is 13.4. The summed E-state index contributed by atoms with van der Waals surface area (Å²) in [5.74, 6) is 0. The number of urea groups is 1. The van der Waals surface area contributed by atoms with Gasteiger partial charge in [0.05, 0.1) is 17.2 Å². The summed E-state index contributed by atoms with van der Waals surface area (Å²) in [5, 5.41) is 24.7. The van der Waals surface area contributed by atoms with Crippen LogP contribution in [0.25, 0.3) is 0 Å². The number of benzene rings is 1. The van der Waals surface area contributed by atoms with Crippen LogP contribution in [0.3, 0.4) is 0 Å². The Morgan fingerprint density at radius 3 is 2.55 bits per heavy atom. The van der Waals surface area contributed by atoms with Crippen LogP contribution in [0, 0.1) is 11.3 Å². The predicted octanol–water partition coefficient (Wildman–Crippen LogP) is 2.69. The van der Waals surface area contributed by atoms with Crippen LogP contribution in [0.15, 0.2) is 24.3 Å². The van der Waals surface area contributed by atoms with Gasteiger partial charge in [-0.05, 0) is 30.5 Å². The van der Waals surface area contributed by atoms with Crippen LogP contribution in [0.5, 0.6) is 0 Å². The molecule has 0 aliphatic rings. The first kappa shape index (κ1) is 18.0. The van der Waals surface area contributed by atoms with Crippen LogP contribution in [0.1, 0.15) is 50.7 Å². The molecule has 0 fully saturated rings. The molecule has 1 rings (SSSR count). The topological polar surface area (TPSA) is 85.2 Å². The summed E-state index contributed by atoms with van der Waals surface area (Å²) < 4.78 is 0. The molecule has 120 valence electrons. The molecule has 5 nitrogen and oxygen atoms in total. The van der Waals surface area contributed by atoms with Crippen molar-refractivity contribution in [2.45, 2.75) is 51.7 Å². The second-order valence-electron chi connectivity index (χ2n) is 5.57. The predicted molar refractivity (Wildman–Crippen MR) is 86.2 cm³/mol. The average Bonchev–Trinajstić information content (AvgIpc) is 2.52. The Balaban J connectivity index is 2.44. The maximum absolute atomic E-state index is 11.8. The molecule has 22 heavy (non-hydrogen) atoms. The standard InChI is InChI=1S/C17H25N3O2/c1-3-8-17(22,9-4-2)13-20-16(21)19-12-15-7-5-6-14(10-15)11-18/h5-7,10,22H,3-4,8-9,12-13H2,1-2H3,(H2,19,20,21). The number of nitriles is 1. The third-order valence-corrected chi connectivity index (χ3v) is 3.52. The van der Waals surface area contributed by atoms with Crippen molar-refractivity contribution in [1.82, 2.24) is 10.6 Å². The van der Waals surface area contributed by atoms with Crippen molar-refractivity contribution in [2.75, 3.05) is 6.54 Å². The van der Waals surface area contributed by atoms with E-state index in [1.54, 1.807) is 18.2 Å². The molecular formula is C17H25N3O2. The van der Waals surface area contributed by atoms with Gasteiger partial charge in [0.25, 0.3) is 0 Å². The van der Waals surface area contributed by atoms with Gasteiger partial charge in [0.15, 0.2) is 0 Å². The quantitative estimate of drug-likeness (QED) is 0.690. The van der Waals surface area contributed by atoms with Crippen LogP contribution in [0.2, 0.25) is 0 Å². The van der Waals surface area contributed by atoms with Gasteiger partial charge >= 0.3 is 6.03 Å². The van der Waals surface area contributed by atoms with E-state index in [0.717, 1.165) is 18.4 Å². The monoisotopic (exact) mass is 303 g/mol. The van der Waals surface area contributed by atoms with Crippen molar-refractivity contribution < 1.29 is 9.90 Å². The smallest absolute Gasteiger partial charge is 0.315 e. The van der Waals surface area contributed by atoms with Gasteiger partial charge in [-0.2, -0.15) is 5.26 Å². The molecule has 3 N–H and O–H groups in total. The highest BCUT2D eigenvalue weighted by Crippen LogP contribution is 2.18. The Bertz CT molecular complexity index is 517. The van der Waals surface area contributed by atoms with E-state index in [2.05, 4.69) is 16.7 Å². The second kappa shape index (κ2) is 9.06. The minimum atomic E-state index is -0.832. The summed E-state index contributed by atoms with van der Waals surface area (Å²) >= 11 is 0. The molecular weight excluding hydrogens is 278 g/mol. The zero-order valence-corrected chi connectivity index (χ0v) is 13.4. The Kier molecular flexibility index (Phi) is 7.41. The molecule has 1 aromatic carbocycles. The molecule has 5 heteroatoms. The molecule has 0 atom stereocenters. The lowest BCUT2D eigenvalue weighted by molar-refractivity contribution is 0.0241. The van der Waals surface area contributed by atoms with E-state index < -0.39 is 5.60 Å². The maximum atomic E-state index is 11.8. The van der Waals surface area contributed by atoms with Crippen molar-refractivity contribution in [3.8, 4) is 6.07 Å². The third kappa shape index (κ3) is 6.15. The fraction of sp³-hybridized carbons (Fsp3) is 0.529. The number of nitrogens with one attached hydrogen (secondary N) is 2. The van der Waals surface area contributed by atoms with Gasteiger partial charge in [-0.1, -0.05) is 38.8 Å². The van der Waals surface area contributed by atoms with Crippen molar-refractivity contribution >= 4 is 6.03 Å². The number of rotatable bonds is 8. The first-order valence-electron chi connectivity index (χ1n) is 7.76. The summed E-state index contributed by atoms with van der Waals surface area (Å²) in [5.41, 5.74) is 0.605. The lowest BCUT2D eigenvalue weighted by Gasteiger charge is -2.27. The van der Waals surface area contributed by atoms with Crippen molar-refractivity contribution in [1.29, 1.82) is 5.26 Å². The Morgan fingerprint density at radius 2 is 1.95 bits per heavy atom. The molecule has 0 aliphatic heterocycles. The second-order valence-corrected chi connectivity index (χ2v) is 5.57. The molecule has 0 radical (unpaired) electrons. The Labute approximate surface area is 132 Å². The number of nitrogens with zero attached hydrogens (tertiary/aromatic N) is 1. The van der Waals surface area contributed by atoms with E-state index in [1.807, 2.05) is 19.9 Å². The first-order chi connectivity index (χ1) is 10.5. The summed E-state index contributed by atoms with van der Waals surface area (Å²) in [6.45, 7) is 4.63. The summed E-state index contributed by atoms with van der Waals surface area (Å²) in [6.07, 6.45) is 3.10. The molecule has 0 heterocycles. The van der Waals surface area contributed by atoms with Crippen LogP contribution < -0.4 is 10.6 Å². The summed E-state index contributed by atoms with van der Waals surface area (Å²) in [7, 11) is 0. The first-order valence-corrected chi connectivity index (χ1v) is 7.76. The van der Waals surface area contributed by atoms with Crippen LogP contribution in [-0.2, 0) is 6.54 Å². The van der Waals surface area contributed by atoms with Crippen molar-refractivity contribution in [3.63, 3.8) is 0 Å². The van der Waals surface area contributed by atoms with Crippen molar-refractivity contribution in [3.05, 3.63) is 35.4 Å². The molecule has 0 saturated carbocycles. The molecule has 0 aliphatic carbocycles. The molecule has 1 aromatic rings. The lowest BCUT2D eigenvalue weighted by atomic mass is 9.93. The molecule has 0 unspecified atom stereocenters. The number of carbonyl (C=O) groups is 1. The number of hydrogen-bond acceptors (Lipinski definition) is 3. The van der Waals surface area contributed by atoms with Gasteiger partial charge in [-0.25, -0.2) is 4.79 Å². The van der Waals surface area contributed by atoms with E-state index in [4.69, 9.17) is 5.26 Å². The van der Waals surface area contributed by atoms with Crippen LogP contribution in [0.4, 0.5) is 4.79 Å². The minimum absolute atomic E-state index is 0.249. The zero-order chi connectivity index (χ0) is 16.4. The number of amides is 2. The SMILES string of the molecule is CCCC(O)(CCC)CNC(=O)NCc1cccc(C#N)c1. The minimum Gasteiger partial charge on any atom is -0.388 e. The van der Waals surface area contributed by atoms with Gasteiger partial charge in [-0.15, -0.1) is 0 Å². The highest BCUT2D eigenvalue weighted by atomic mass is 16.3. The largest absolute Gasteiger partial charge is 0.388 e. The van der Waals surface area contributed by atoms with Gasteiger partial charge in [-0.3, -0.25) is 0 Å². The maximum Gasteiger partial charge on any atom is 0.315 e. The van der Waals surface area contributed by atoms with E-state index in [-0.39, 0.29) is 12.6 Å². The Morgan fingerprint density at radius 1 is 1.27 bits per heavy atom. The fourth-order valence-electron chi connectivity index (χ4n) is 2.47. The highest BCUT2D eigenvalue weighted by Gasteiger charge is 2.25. The highest BCUT2D eigenvalue weighted by molar-refractivity contribution is 5.73. The molecule has 0 spiro atoms. The molecule has 0 aromatic heterocycles. The number of carbonyl (C=O) groups excluding carboxylic acids is 1. The van der Waals surface area contributed by atoms with E-state index in [0.29, 0.717) is 24.9 Å². The van der Waals surface area contributed by atoms with Gasteiger partial charge in [0.2, 0.25) is 0 Å². The van der Waals surface area contributed by atoms with Gasteiger partial charge in [0, 0.05) is 13.1 Å². The van der Waals surface area contributed by atoms with E-state index in [1.165, 1.54) is 0 Å². The number of hydrogen-bond donors (Lipinski definition) is 3. The van der Waals surface area contributed by atoms with Crippen molar-refractivity contribution in [2.24, 2.45) is 0 Å². The summed E-state index contributed by atoms with van der Waals surface area (Å²) in [6, 6.07) is 8.86. The normalized spacial score (nSPS) is 10.8. The Hall–Kier alpha value is -2.06. The number of aliphatic hydroxyl groups is 1. The van der Waals surface area contributed by atoms with Crippen LogP contribution in [-0.4, -0.2) is 23.3 Å². The fourth-order valence-corrected chi connectivity index (χ4v) is 2.47. The van der Waals surface area contributed by atoms with E-state index in [9.17, 15) is 9.90 Å². The van der Waals surface area contributed by atoms with Crippen LogP contribution >= 0.6 is 0 Å². The summed E-state index contributed by atoms with van der Waals surface area (Å²) in [4.78, 5) is 11.8. The molecule has 0 saturated heterocycles. The van der Waals surface area contributed by atoms with E-state index >= 15 is 0 Å².